The number of esters is 1. The van der Waals surface area contributed by atoms with Crippen LogP contribution in [0.3, 0.4) is 0 Å². The predicted molar refractivity (Wildman–Crippen MR) is 46.9 cm³/mol. The summed E-state index contributed by atoms with van der Waals surface area (Å²) in [6.07, 6.45) is 0. The molecule has 13 heavy (non-hydrogen) atoms. The number of rotatable bonds is 2. The molecule has 1 N–H and O–H groups in total. The van der Waals surface area contributed by atoms with Crippen molar-refractivity contribution in [2.24, 2.45) is 11.3 Å². The first-order valence-corrected chi connectivity index (χ1v) is 4.43. The Kier molecular flexibility index (Phi) is 2.59. The van der Waals surface area contributed by atoms with E-state index in [1.165, 1.54) is 0 Å². The Bertz CT molecular complexity index is 235. The second-order valence-electron chi connectivity index (χ2n) is 3.89. The lowest BCUT2D eigenvalue weighted by atomic mass is 9.82. The lowest BCUT2D eigenvalue weighted by Gasteiger charge is -2.21. The van der Waals surface area contributed by atoms with Gasteiger partial charge in [0.05, 0.1) is 6.61 Å². The van der Waals surface area contributed by atoms with Gasteiger partial charge >= 0.3 is 5.97 Å². The van der Waals surface area contributed by atoms with E-state index in [0.29, 0.717) is 13.2 Å². The first kappa shape index (κ1) is 10.0. The highest BCUT2D eigenvalue weighted by Gasteiger charge is 2.46. The molecular weight excluding hydrogens is 170 g/mol. The Morgan fingerprint density at radius 3 is 2.69 bits per heavy atom. The van der Waals surface area contributed by atoms with Crippen molar-refractivity contribution >= 4 is 11.9 Å². The predicted octanol–water partition coefficient (Wildman–Crippen LogP) is 0.322. The molecule has 1 heterocycles. The lowest BCUT2D eigenvalue weighted by Crippen LogP contribution is -2.33. The van der Waals surface area contributed by atoms with Crippen LogP contribution >= 0.6 is 0 Å². The van der Waals surface area contributed by atoms with Gasteiger partial charge in [-0.3, -0.25) is 9.59 Å². The van der Waals surface area contributed by atoms with Gasteiger partial charge in [-0.05, 0) is 6.92 Å². The van der Waals surface area contributed by atoms with Gasteiger partial charge in [0.15, 0.2) is 0 Å². The summed E-state index contributed by atoms with van der Waals surface area (Å²) in [7, 11) is 0. The summed E-state index contributed by atoms with van der Waals surface area (Å²) in [5, 5.41) is 2.66. The molecular formula is C9H15NO3. The summed E-state index contributed by atoms with van der Waals surface area (Å²) in [5.41, 5.74) is -0.330. The first-order valence-electron chi connectivity index (χ1n) is 4.43. The average Bonchev–Trinajstić information content (AvgIpc) is 2.26. The summed E-state index contributed by atoms with van der Waals surface area (Å²) in [6, 6.07) is 0. The summed E-state index contributed by atoms with van der Waals surface area (Å²) in [5.74, 6) is -1.28. The number of carbonyl (C=O) groups is 2. The Labute approximate surface area is 77.6 Å². The molecule has 0 aromatic rings. The molecule has 0 radical (unpaired) electrons. The fourth-order valence-corrected chi connectivity index (χ4v) is 1.53. The second-order valence-corrected chi connectivity index (χ2v) is 3.89. The Morgan fingerprint density at radius 1 is 1.69 bits per heavy atom. The van der Waals surface area contributed by atoms with Crippen molar-refractivity contribution in [1.29, 1.82) is 0 Å². The third-order valence-electron chi connectivity index (χ3n) is 2.28. The van der Waals surface area contributed by atoms with Crippen molar-refractivity contribution in [2.45, 2.75) is 20.8 Å². The van der Waals surface area contributed by atoms with Gasteiger partial charge in [0.2, 0.25) is 5.91 Å². The van der Waals surface area contributed by atoms with E-state index in [9.17, 15) is 9.59 Å². The van der Waals surface area contributed by atoms with Crippen molar-refractivity contribution < 1.29 is 14.3 Å². The molecule has 1 saturated heterocycles. The van der Waals surface area contributed by atoms with Crippen LogP contribution in [0.4, 0.5) is 0 Å². The fourth-order valence-electron chi connectivity index (χ4n) is 1.53. The maximum atomic E-state index is 11.4. The number of amides is 1. The van der Waals surface area contributed by atoms with E-state index in [1.807, 2.05) is 13.8 Å². The molecule has 1 atom stereocenters. The number of ether oxygens (including phenoxy) is 1. The number of hydrogen-bond acceptors (Lipinski definition) is 3. The van der Waals surface area contributed by atoms with Crippen LogP contribution in [0.15, 0.2) is 0 Å². The standard InChI is InChI=1S/C9H15NO3/c1-4-13-8(12)6-7(11)10-5-9(6,2)3/h6H,4-5H2,1-3H3,(H,10,11)/t6-/m0/s1. The first-order chi connectivity index (χ1) is 5.99. The molecule has 0 saturated carbocycles. The van der Waals surface area contributed by atoms with E-state index in [0.717, 1.165) is 0 Å². The molecule has 1 aliphatic heterocycles. The summed E-state index contributed by atoms with van der Waals surface area (Å²) < 4.78 is 4.83. The second kappa shape index (κ2) is 3.36. The Hall–Kier alpha value is -1.06. The summed E-state index contributed by atoms with van der Waals surface area (Å²) in [4.78, 5) is 22.7. The molecule has 1 rings (SSSR count). The SMILES string of the molecule is CCOC(=O)[C@@H]1C(=O)NCC1(C)C. The van der Waals surface area contributed by atoms with Crippen LogP contribution in [0.1, 0.15) is 20.8 Å². The highest BCUT2D eigenvalue weighted by atomic mass is 16.5. The Balaban J connectivity index is 2.76. The van der Waals surface area contributed by atoms with Crippen LogP contribution in [-0.4, -0.2) is 25.0 Å². The highest BCUT2D eigenvalue weighted by molar-refractivity contribution is 6.00. The molecule has 0 bridgehead atoms. The molecule has 0 aliphatic carbocycles. The summed E-state index contributed by atoms with van der Waals surface area (Å²) in [6.45, 7) is 6.35. The van der Waals surface area contributed by atoms with Crippen LogP contribution in [0, 0.1) is 11.3 Å². The van der Waals surface area contributed by atoms with Crippen LogP contribution in [-0.2, 0) is 14.3 Å². The normalized spacial score (nSPS) is 25.5. The van der Waals surface area contributed by atoms with E-state index in [1.54, 1.807) is 6.92 Å². The minimum atomic E-state index is -0.646. The van der Waals surface area contributed by atoms with Gasteiger partial charge < -0.3 is 10.1 Å². The third kappa shape index (κ3) is 1.82. The maximum absolute atomic E-state index is 11.4. The Morgan fingerprint density at radius 2 is 2.31 bits per heavy atom. The molecule has 1 amide bonds. The minimum Gasteiger partial charge on any atom is -0.465 e. The summed E-state index contributed by atoms with van der Waals surface area (Å²) >= 11 is 0. The molecule has 0 aromatic heterocycles. The van der Waals surface area contributed by atoms with Crippen LogP contribution in [0.2, 0.25) is 0 Å². The highest BCUT2D eigenvalue weighted by Crippen LogP contribution is 2.31. The zero-order valence-electron chi connectivity index (χ0n) is 8.22. The zero-order chi connectivity index (χ0) is 10.1. The minimum absolute atomic E-state index is 0.219. The van der Waals surface area contributed by atoms with Crippen LogP contribution < -0.4 is 5.32 Å². The van der Waals surface area contributed by atoms with Crippen molar-refractivity contribution in [3.63, 3.8) is 0 Å². The van der Waals surface area contributed by atoms with Crippen molar-refractivity contribution in [2.75, 3.05) is 13.2 Å². The van der Waals surface area contributed by atoms with Gasteiger partial charge in [0.1, 0.15) is 5.92 Å². The number of hydrogen-bond donors (Lipinski definition) is 1. The monoisotopic (exact) mass is 185 g/mol. The fraction of sp³-hybridized carbons (Fsp3) is 0.778. The van der Waals surface area contributed by atoms with E-state index in [2.05, 4.69) is 5.32 Å². The van der Waals surface area contributed by atoms with Gasteiger partial charge in [0.25, 0.3) is 0 Å². The molecule has 0 unspecified atom stereocenters. The van der Waals surface area contributed by atoms with Gasteiger partial charge in [-0.1, -0.05) is 13.8 Å². The van der Waals surface area contributed by atoms with Crippen LogP contribution in [0.25, 0.3) is 0 Å². The van der Waals surface area contributed by atoms with Crippen molar-refractivity contribution in [3.8, 4) is 0 Å². The van der Waals surface area contributed by atoms with E-state index in [4.69, 9.17) is 4.74 Å². The molecule has 1 fully saturated rings. The molecule has 0 aromatic carbocycles. The molecule has 0 spiro atoms. The zero-order valence-corrected chi connectivity index (χ0v) is 8.22. The molecule has 4 heteroatoms. The quantitative estimate of drug-likeness (QED) is 0.498. The van der Waals surface area contributed by atoms with E-state index in [-0.39, 0.29) is 11.3 Å². The number of carbonyl (C=O) groups excluding carboxylic acids is 2. The lowest BCUT2D eigenvalue weighted by molar-refractivity contribution is -0.153. The van der Waals surface area contributed by atoms with Crippen molar-refractivity contribution in [3.05, 3.63) is 0 Å². The maximum Gasteiger partial charge on any atom is 0.319 e. The van der Waals surface area contributed by atoms with Gasteiger partial charge in [-0.2, -0.15) is 0 Å². The number of nitrogens with one attached hydrogen (secondary N) is 1. The van der Waals surface area contributed by atoms with Gasteiger partial charge in [0, 0.05) is 12.0 Å². The largest absolute Gasteiger partial charge is 0.465 e. The smallest absolute Gasteiger partial charge is 0.319 e. The van der Waals surface area contributed by atoms with Gasteiger partial charge in [-0.25, -0.2) is 0 Å². The third-order valence-corrected chi connectivity index (χ3v) is 2.28. The average molecular weight is 185 g/mol. The van der Waals surface area contributed by atoms with Crippen molar-refractivity contribution in [1.82, 2.24) is 5.32 Å². The van der Waals surface area contributed by atoms with E-state index < -0.39 is 11.9 Å². The van der Waals surface area contributed by atoms with Crippen LogP contribution in [0.5, 0.6) is 0 Å². The molecule has 1 aliphatic rings. The topological polar surface area (TPSA) is 55.4 Å². The van der Waals surface area contributed by atoms with Gasteiger partial charge in [-0.15, -0.1) is 0 Å². The van der Waals surface area contributed by atoms with E-state index >= 15 is 0 Å². The molecule has 74 valence electrons. The molecule has 4 nitrogen and oxygen atoms in total.